The number of ether oxygens (including phenoxy) is 1. The van der Waals surface area contributed by atoms with Crippen molar-refractivity contribution < 1.29 is 9.53 Å². The van der Waals surface area contributed by atoms with E-state index in [4.69, 9.17) is 10.00 Å². The van der Waals surface area contributed by atoms with Crippen LogP contribution in [0.5, 0.6) is 5.75 Å². The van der Waals surface area contributed by atoms with Gasteiger partial charge in [-0.1, -0.05) is 0 Å². The largest absolute Gasteiger partial charge is 0.495 e. The summed E-state index contributed by atoms with van der Waals surface area (Å²) in [7, 11) is 1.44. The summed E-state index contributed by atoms with van der Waals surface area (Å²) in [4.78, 5) is 11.3. The third kappa shape index (κ3) is 1.78. The predicted octanol–water partition coefficient (Wildman–Crippen LogP) is 2.53. The Kier molecular flexibility index (Phi) is 3.26. The van der Waals surface area contributed by atoms with Gasteiger partial charge in [0, 0.05) is 4.47 Å². The molecule has 1 aromatic rings. The van der Waals surface area contributed by atoms with Crippen LogP contribution in [0.1, 0.15) is 22.8 Å². The average Bonchev–Trinajstić information content (AvgIpc) is 2.16. The van der Waals surface area contributed by atoms with E-state index in [0.29, 0.717) is 21.3 Å². The van der Waals surface area contributed by atoms with Crippen LogP contribution in [0.4, 0.5) is 0 Å². The monoisotopic (exact) mass is 253 g/mol. The molecule has 0 fully saturated rings. The maximum atomic E-state index is 11.3. The summed E-state index contributed by atoms with van der Waals surface area (Å²) in [5, 5.41) is 8.79. The molecular formula is C10H8BrNO2. The second-order valence-corrected chi connectivity index (χ2v) is 3.53. The van der Waals surface area contributed by atoms with Gasteiger partial charge < -0.3 is 4.74 Å². The fraction of sp³-hybridized carbons (Fsp3) is 0.200. The first-order valence-corrected chi connectivity index (χ1v) is 4.68. The van der Waals surface area contributed by atoms with Crippen molar-refractivity contribution in [2.75, 3.05) is 7.11 Å². The van der Waals surface area contributed by atoms with Crippen LogP contribution in [0.2, 0.25) is 0 Å². The molecule has 1 aromatic carbocycles. The van der Waals surface area contributed by atoms with Crippen molar-refractivity contribution in [2.45, 2.75) is 6.92 Å². The molecular weight excluding hydrogens is 246 g/mol. The van der Waals surface area contributed by atoms with Crippen LogP contribution >= 0.6 is 15.9 Å². The van der Waals surface area contributed by atoms with Gasteiger partial charge >= 0.3 is 0 Å². The Morgan fingerprint density at radius 3 is 2.64 bits per heavy atom. The van der Waals surface area contributed by atoms with E-state index in [1.807, 2.05) is 6.07 Å². The topological polar surface area (TPSA) is 50.1 Å². The summed E-state index contributed by atoms with van der Waals surface area (Å²) in [5.74, 6) is 0.195. The number of rotatable bonds is 2. The number of carbonyl (C=O) groups excluding carboxylic acids is 1. The van der Waals surface area contributed by atoms with Crippen LogP contribution in [0.25, 0.3) is 0 Å². The van der Waals surface area contributed by atoms with Gasteiger partial charge in [0.25, 0.3) is 0 Å². The Morgan fingerprint density at radius 1 is 1.57 bits per heavy atom. The summed E-state index contributed by atoms with van der Waals surface area (Å²) < 4.78 is 5.68. The minimum Gasteiger partial charge on any atom is -0.495 e. The van der Waals surface area contributed by atoms with Crippen LogP contribution < -0.4 is 4.74 Å². The fourth-order valence-electron chi connectivity index (χ4n) is 1.19. The Morgan fingerprint density at radius 2 is 2.21 bits per heavy atom. The van der Waals surface area contributed by atoms with Crippen molar-refractivity contribution in [1.82, 2.24) is 0 Å². The van der Waals surface area contributed by atoms with Gasteiger partial charge in [0.05, 0.1) is 18.2 Å². The molecule has 0 spiro atoms. The van der Waals surface area contributed by atoms with Gasteiger partial charge in [-0.25, -0.2) is 0 Å². The number of halogens is 1. The second-order valence-electron chi connectivity index (χ2n) is 2.67. The highest BCUT2D eigenvalue weighted by molar-refractivity contribution is 9.10. The molecule has 0 amide bonds. The van der Waals surface area contributed by atoms with E-state index < -0.39 is 0 Å². The number of benzene rings is 1. The van der Waals surface area contributed by atoms with Crippen LogP contribution in [0.3, 0.4) is 0 Å². The van der Waals surface area contributed by atoms with E-state index in [1.54, 1.807) is 12.1 Å². The number of nitrogens with zero attached hydrogens (tertiary/aromatic N) is 1. The van der Waals surface area contributed by atoms with Gasteiger partial charge in [-0.05, 0) is 35.0 Å². The molecule has 0 aliphatic rings. The summed E-state index contributed by atoms with van der Waals surface area (Å²) in [6.07, 6.45) is 0. The maximum absolute atomic E-state index is 11.3. The SMILES string of the molecule is COc1c(C#N)ccc(Br)c1C(C)=O. The molecule has 0 heterocycles. The van der Waals surface area contributed by atoms with Gasteiger partial charge in [0.15, 0.2) is 5.78 Å². The first-order valence-electron chi connectivity index (χ1n) is 3.89. The zero-order chi connectivity index (χ0) is 10.7. The second kappa shape index (κ2) is 4.25. The lowest BCUT2D eigenvalue weighted by Gasteiger charge is -2.08. The maximum Gasteiger partial charge on any atom is 0.164 e. The Balaban J connectivity index is 3.53. The molecule has 0 unspecified atom stereocenters. The van der Waals surface area contributed by atoms with Crippen LogP contribution in [-0.2, 0) is 0 Å². The van der Waals surface area contributed by atoms with E-state index in [-0.39, 0.29) is 5.78 Å². The van der Waals surface area contributed by atoms with Gasteiger partial charge in [0.1, 0.15) is 11.8 Å². The lowest BCUT2D eigenvalue weighted by atomic mass is 10.1. The molecule has 4 heteroatoms. The molecule has 0 saturated carbocycles. The van der Waals surface area contributed by atoms with Crippen molar-refractivity contribution in [3.8, 4) is 11.8 Å². The Labute approximate surface area is 90.4 Å². The number of methoxy groups -OCH3 is 1. The van der Waals surface area contributed by atoms with Crippen molar-refractivity contribution in [1.29, 1.82) is 5.26 Å². The molecule has 3 nitrogen and oxygen atoms in total. The van der Waals surface area contributed by atoms with Crippen molar-refractivity contribution in [3.63, 3.8) is 0 Å². The summed E-state index contributed by atoms with van der Waals surface area (Å²) in [6.45, 7) is 1.43. The van der Waals surface area contributed by atoms with E-state index in [0.717, 1.165) is 0 Å². The van der Waals surface area contributed by atoms with Gasteiger partial charge in [0.2, 0.25) is 0 Å². The highest BCUT2D eigenvalue weighted by Crippen LogP contribution is 2.30. The Bertz CT molecular complexity index is 421. The summed E-state index contributed by atoms with van der Waals surface area (Å²) >= 11 is 3.24. The minimum atomic E-state index is -0.133. The zero-order valence-electron chi connectivity index (χ0n) is 7.80. The number of carbonyl (C=O) groups is 1. The molecule has 0 atom stereocenters. The number of nitriles is 1. The van der Waals surface area contributed by atoms with Gasteiger partial charge in [-0.15, -0.1) is 0 Å². The van der Waals surface area contributed by atoms with Crippen LogP contribution in [0, 0.1) is 11.3 Å². The van der Waals surface area contributed by atoms with Gasteiger partial charge in [-0.2, -0.15) is 5.26 Å². The van der Waals surface area contributed by atoms with E-state index in [2.05, 4.69) is 15.9 Å². The number of Topliss-reactive ketones (excluding diaryl/α,β-unsaturated/α-hetero) is 1. The standard InChI is InChI=1S/C10H8BrNO2/c1-6(13)9-8(11)4-3-7(5-12)10(9)14-2/h3-4H,1-2H3. The van der Waals surface area contributed by atoms with Crippen molar-refractivity contribution in [2.24, 2.45) is 0 Å². The third-order valence-electron chi connectivity index (χ3n) is 1.78. The normalized spacial score (nSPS) is 9.29. The quantitative estimate of drug-likeness (QED) is 0.762. The first-order chi connectivity index (χ1) is 6.61. The molecule has 0 radical (unpaired) electrons. The Hall–Kier alpha value is -1.34. The summed E-state index contributed by atoms with van der Waals surface area (Å²) in [6, 6.07) is 5.24. The third-order valence-corrected chi connectivity index (χ3v) is 2.44. The molecule has 0 aliphatic carbocycles. The highest BCUT2D eigenvalue weighted by atomic mass is 79.9. The van der Waals surface area contributed by atoms with Crippen molar-refractivity contribution >= 4 is 21.7 Å². The first kappa shape index (κ1) is 10.7. The number of hydrogen-bond donors (Lipinski definition) is 0. The summed E-state index contributed by atoms with van der Waals surface area (Å²) in [5.41, 5.74) is 0.771. The molecule has 0 saturated heterocycles. The lowest BCUT2D eigenvalue weighted by molar-refractivity contribution is 0.101. The lowest BCUT2D eigenvalue weighted by Crippen LogP contribution is -2.01. The van der Waals surface area contributed by atoms with E-state index >= 15 is 0 Å². The number of hydrogen-bond acceptors (Lipinski definition) is 3. The molecule has 0 N–H and O–H groups in total. The van der Waals surface area contributed by atoms with Gasteiger partial charge in [-0.3, -0.25) is 4.79 Å². The molecule has 1 rings (SSSR count). The molecule has 0 aliphatic heterocycles. The minimum absolute atomic E-state index is 0.133. The number of ketones is 1. The van der Waals surface area contributed by atoms with E-state index in [9.17, 15) is 4.79 Å². The zero-order valence-corrected chi connectivity index (χ0v) is 9.38. The average molecular weight is 254 g/mol. The fourth-order valence-corrected chi connectivity index (χ4v) is 1.78. The highest BCUT2D eigenvalue weighted by Gasteiger charge is 2.16. The molecule has 0 aromatic heterocycles. The van der Waals surface area contributed by atoms with Crippen molar-refractivity contribution in [3.05, 3.63) is 27.7 Å². The van der Waals surface area contributed by atoms with Crippen LogP contribution in [0.15, 0.2) is 16.6 Å². The smallest absolute Gasteiger partial charge is 0.164 e. The van der Waals surface area contributed by atoms with Crippen LogP contribution in [-0.4, -0.2) is 12.9 Å². The molecule has 72 valence electrons. The predicted molar refractivity (Wildman–Crippen MR) is 55.4 cm³/mol. The molecule has 14 heavy (non-hydrogen) atoms. The van der Waals surface area contributed by atoms with E-state index in [1.165, 1.54) is 14.0 Å². The molecule has 0 bridgehead atoms.